The Bertz CT molecular complexity index is 1000. The largest absolute Gasteiger partial charge is 0.495 e. The first-order chi connectivity index (χ1) is 13.2. The van der Waals surface area contributed by atoms with Crippen LogP contribution in [0.15, 0.2) is 54.6 Å². The predicted molar refractivity (Wildman–Crippen MR) is 99.4 cm³/mol. The minimum absolute atomic E-state index is 0.0222. The van der Waals surface area contributed by atoms with Crippen molar-refractivity contribution in [3.05, 3.63) is 54.6 Å². The average Bonchev–Trinajstić information content (AvgIpc) is 3.12. The smallest absolute Gasteiger partial charge is 0.250 e. The fraction of sp³-hybridized carbons (Fsp3) is 0.158. The number of aromatic nitrogens is 3. The Hall–Kier alpha value is -3.68. The minimum atomic E-state index is -0.802. The lowest BCUT2D eigenvalue weighted by atomic mass is 10.1. The number of anilines is 2. The monoisotopic (exact) mass is 363 g/mol. The molecule has 0 saturated carbocycles. The molecule has 8 heteroatoms. The van der Waals surface area contributed by atoms with E-state index in [0.717, 1.165) is 5.56 Å². The van der Waals surface area contributed by atoms with Crippen molar-refractivity contribution >= 4 is 23.5 Å². The van der Waals surface area contributed by atoms with Crippen LogP contribution in [0.1, 0.15) is 12.5 Å². The summed E-state index contributed by atoms with van der Waals surface area (Å²) in [6, 6.07) is 15.7. The van der Waals surface area contributed by atoms with E-state index in [1.807, 2.05) is 36.4 Å². The molecule has 1 unspecified atom stereocenters. The van der Waals surface area contributed by atoms with Gasteiger partial charge in [0.05, 0.1) is 19.2 Å². The second-order valence-electron chi connectivity index (χ2n) is 6.03. The van der Waals surface area contributed by atoms with Crippen LogP contribution >= 0.6 is 0 Å². The molecule has 0 spiro atoms. The number of para-hydroxylation sites is 2. The van der Waals surface area contributed by atoms with Crippen molar-refractivity contribution in [2.45, 2.75) is 12.5 Å². The highest BCUT2D eigenvalue weighted by atomic mass is 16.5. The van der Waals surface area contributed by atoms with Gasteiger partial charge in [0, 0.05) is 5.56 Å². The Balaban J connectivity index is 1.65. The number of ether oxygens (including phenoxy) is 1. The third kappa shape index (κ3) is 3.24. The number of hydrogen-bond donors (Lipinski definition) is 2. The van der Waals surface area contributed by atoms with Crippen LogP contribution in [0.4, 0.5) is 11.6 Å². The van der Waals surface area contributed by atoms with E-state index < -0.39 is 6.04 Å². The summed E-state index contributed by atoms with van der Waals surface area (Å²) >= 11 is 0. The van der Waals surface area contributed by atoms with Crippen LogP contribution in [0.2, 0.25) is 0 Å². The molecule has 0 saturated heterocycles. The molecule has 1 aliphatic rings. The van der Waals surface area contributed by atoms with Gasteiger partial charge in [-0.3, -0.25) is 14.9 Å². The zero-order valence-corrected chi connectivity index (χ0v) is 14.5. The number of methoxy groups -OCH3 is 1. The van der Waals surface area contributed by atoms with Crippen LogP contribution in [0, 0.1) is 0 Å². The van der Waals surface area contributed by atoms with Crippen molar-refractivity contribution in [1.29, 1.82) is 0 Å². The van der Waals surface area contributed by atoms with Gasteiger partial charge in [0.25, 0.3) is 0 Å². The lowest BCUT2D eigenvalue weighted by Gasteiger charge is -2.22. The molecule has 8 nitrogen and oxygen atoms in total. The first kappa shape index (κ1) is 16.8. The van der Waals surface area contributed by atoms with E-state index in [9.17, 15) is 9.59 Å². The van der Waals surface area contributed by atoms with Crippen LogP contribution in [-0.2, 0) is 9.59 Å². The summed E-state index contributed by atoms with van der Waals surface area (Å²) < 4.78 is 6.71. The van der Waals surface area contributed by atoms with Crippen molar-refractivity contribution in [2.24, 2.45) is 0 Å². The van der Waals surface area contributed by atoms with E-state index >= 15 is 0 Å². The van der Waals surface area contributed by atoms with E-state index in [-0.39, 0.29) is 24.2 Å². The van der Waals surface area contributed by atoms with E-state index in [0.29, 0.717) is 17.3 Å². The summed E-state index contributed by atoms with van der Waals surface area (Å²) in [7, 11) is 1.53. The number of benzene rings is 2. The van der Waals surface area contributed by atoms with Crippen LogP contribution in [0.25, 0.3) is 11.4 Å². The van der Waals surface area contributed by atoms with Gasteiger partial charge < -0.3 is 10.1 Å². The maximum Gasteiger partial charge on any atom is 0.250 e. The zero-order chi connectivity index (χ0) is 18.8. The van der Waals surface area contributed by atoms with Crippen molar-refractivity contribution in [3.63, 3.8) is 0 Å². The Kier molecular flexibility index (Phi) is 4.29. The number of amides is 2. The second-order valence-corrected chi connectivity index (χ2v) is 6.03. The van der Waals surface area contributed by atoms with Crippen molar-refractivity contribution in [2.75, 3.05) is 17.7 Å². The highest BCUT2D eigenvalue weighted by Crippen LogP contribution is 2.29. The molecule has 2 amide bonds. The van der Waals surface area contributed by atoms with Crippen molar-refractivity contribution in [3.8, 4) is 17.1 Å². The molecular formula is C19H17N5O3. The van der Waals surface area contributed by atoms with Crippen LogP contribution < -0.4 is 15.4 Å². The SMILES string of the molecule is COc1ccccc1NC(=O)C1CC(=O)Nc2nc(-c3ccccc3)nn21. The van der Waals surface area contributed by atoms with Crippen LogP contribution in [-0.4, -0.2) is 33.7 Å². The molecule has 27 heavy (non-hydrogen) atoms. The number of nitrogens with one attached hydrogen (secondary N) is 2. The molecule has 2 heterocycles. The first-order valence-corrected chi connectivity index (χ1v) is 8.41. The Labute approximate surface area is 155 Å². The highest BCUT2D eigenvalue weighted by molar-refractivity contribution is 6.01. The topological polar surface area (TPSA) is 98.1 Å². The fourth-order valence-corrected chi connectivity index (χ4v) is 2.94. The number of rotatable bonds is 4. The summed E-state index contributed by atoms with van der Waals surface area (Å²) in [6.45, 7) is 0. The molecule has 0 radical (unpaired) electrons. The maximum atomic E-state index is 12.9. The van der Waals surface area contributed by atoms with Gasteiger partial charge in [0.1, 0.15) is 11.8 Å². The molecule has 0 bridgehead atoms. The second kappa shape index (κ2) is 6.91. The van der Waals surface area contributed by atoms with Gasteiger partial charge in [-0.15, -0.1) is 5.10 Å². The maximum absolute atomic E-state index is 12.9. The van der Waals surface area contributed by atoms with E-state index in [1.165, 1.54) is 11.8 Å². The Morgan fingerprint density at radius 3 is 2.70 bits per heavy atom. The summed E-state index contributed by atoms with van der Waals surface area (Å²) in [5.41, 5.74) is 1.33. The summed E-state index contributed by atoms with van der Waals surface area (Å²) in [4.78, 5) is 29.3. The van der Waals surface area contributed by atoms with Gasteiger partial charge in [-0.2, -0.15) is 4.98 Å². The standard InChI is InChI=1S/C19H17N5O3/c1-27-15-10-6-5-9-13(15)20-18(26)14-11-16(25)21-19-22-17(23-24(14)19)12-7-3-2-4-8-12/h2-10,14H,11H2,1H3,(H,20,26)(H,21,22,23,25). The third-order valence-electron chi connectivity index (χ3n) is 4.26. The Morgan fingerprint density at radius 1 is 1.19 bits per heavy atom. The average molecular weight is 363 g/mol. The number of nitrogens with zero attached hydrogens (tertiary/aromatic N) is 3. The van der Waals surface area contributed by atoms with Gasteiger partial charge in [0.2, 0.25) is 17.8 Å². The normalized spacial score (nSPS) is 15.6. The molecule has 2 aromatic carbocycles. The first-order valence-electron chi connectivity index (χ1n) is 8.41. The van der Waals surface area contributed by atoms with Gasteiger partial charge >= 0.3 is 0 Å². The van der Waals surface area contributed by atoms with Gasteiger partial charge in [-0.25, -0.2) is 4.68 Å². The van der Waals surface area contributed by atoms with E-state index in [4.69, 9.17) is 4.74 Å². The molecule has 1 atom stereocenters. The molecule has 0 aliphatic carbocycles. The Morgan fingerprint density at radius 2 is 1.93 bits per heavy atom. The molecular weight excluding hydrogens is 346 g/mol. The minimum Gasteiger partial charge on any atom is -0.495 e. The van der Waals surface area contributed by atoms with E-state index in [1.54, 1.807) is 18.2 Å². The summed E-state index contributed by atoms with van der Waals surface area (Å²) in [5.74, 6) is 0.595. The van der Waals surface area contributed by atoms with Crippen LogP contribution in [0.3, 0.4) is 0 Å². The molecule has 2 N–H and O–H groups in total. The van der Waals surface area contributed by atoms with E-state index in [2.05, 4.69) is 20.7 Å². The molecule has 0 fully saturated rings. The molecule has 1 aliphatic heterocycles. The molecule has 4 rings (SSSR count). The summed E-state index contributed by atoms with van der Waals surface area (Å²) in [6.07, 6.45) is -0.0222. The molecule has 3 aromatic rings. The lowest BCUT2D eigenvalue weighted by Crippen LogP contribution is -2.36. The number of carbonyl (C=O) groups excluding carboxylic acids is 2. The lowest BCUT2D eigenvalue weighted by molar-refractivity contribution is -0.125. The van der Waals surface area contributed by atoms with Crippen LogP contribution in [0.5, 0.6) is 5.75 Å². The van der Waals surface area contributed by atoms with Crippen molar-refractivity contribution < 1.29 is 14.3 Å². The molecule has 1 aromatic heterocycles. The number of fused-ring (bicyclic) bond motifs is 1. The fourth-order valence-electron chi connectivity index (χ4n) is 2.94. The third-order valence-corrected chi connectivity index (χ3v) is 4.26. The number of hydrogen-bond acceptors (Lipinski definition) is 5. The quantitative estimate of drug-likeness (QED) is 0.742. The van der Waals surface area contributed by atoms with Gasteiger partial charge in [-0.05, 0) is 12.1 Å². The molecule has 136 valence electrons. The zero-order valence-electron chi connectivity index (χ0n) is 14.5. The summed E-state index contributed by atoms with van der Waals surface area (Å²) in [5, 5.41) is 9.92. The van der Waals surface area contributed by atoms with Gasteiger partial charge in [0.15, 0.2) is 5.82 Å². The van der Waals surface area contributed by atoms with Crippen molar-refractivity contribution in [1.82, 2.24) is 14.8 Å². The predicted octanol–water partition coefficient (Wildman–Crippen LogP) is 2.48. The highest BCUT2D eigenvalue weighted by Gasteiger charge is 2.33. The van der Waals surface area contributed by atoms with Gasteiger partial charge in [-0.1, -0.05) is 42.5 Å². The number of carbonyl (C=O) groups is 2.